The fourth-order valence-corrected chi connectivity index (χ4v) is 2.57. The standard InChI is InChI=1S/C11H15BrN4O2/c1-8-9(16(17)18)7-14-11(10(8)12)15-5-2-3-13-4-6-15/h7,13H,2-6H2,1H3. The third-order valence-corrected chi connectivity index (χ3v) is 4.00. The monoisotopic (exact) mass is 314 g/mol. The minimum absolute atomic E-state index is 0.0542. The minimum Gasteiger partial charge on any atom is -0.354 e. The van der Waals surface area contributed by atoms with E-state index in [0.29, 0.717) is 5.56 Å². The van der Waals surface area contributed by atoms with Crippen LogP contribution in [0, 0.1) is 17.0 Å². The van der Waals surface area contributed by atoms with E-state index in [1.165, 1.54) is 6.20 Å². The van der Waals surface area contributed by atoms with Crippen molar-refractivity contribution in [2.75, 3.05) is 31.1 Å². The van der Waals surface area contributed by atoms with Crippen LogP contribution in [0.15, 0.2) is 10.7 Å². The molecular formula is C11H15BrN4O2. The van der Waals surface area contributed by atoms with Gasteiger partial charge < -0.3 is 10.2 Å². The average molecular weight is 315 g/mol. The van der Waals surface area contributed by atoms with Crippen LogP contribution in [0.4, 0.5) is 11.5 Å². The lowest BCUT2D eigenvalue weighted by molar-refractivity contribution is -0.385. The molecule has 1 aliphatic rings. The number of anilines is 1. The van der Waals surface area contributed by atoms with Gasteiger partial charge in [0.25, 0.3) is 5.69 Å². The van der Waals surface area contributed by atoms with E-state index < -0.39 is 4.92 Å². The zero-order valence-corrected chi connectivity index (χ0v) is 11.7. The molecule has 2 heterocycles. The van der Waals surface area contributed by atoms with Crippen LogP contribution in [-0.4, -0.2) is 36.1 Å². The molecule has 0 saturated carbocycles. The highest BCUT2D eigenvalue weighted by atomic mass is 79.9. The van der Waals surface area contributed by atoms with Gasteiger partial charge in [0, 0.05) is 25.2 Å². The first kappa shape index (κ1) is 13.2. The minimum atomic E-state index is -0.402. The predicted molar refractivity (Wildman–Crippen MR) is 73.0 cm³/mol. The van der Waals surface area contributed by atoms with Crippen molar-refractivity contribution in [1.82, 2.24) is 10.3 Å². The Morgan fingerprint density at radius 2 is 2.28 bits per heavy atom. The number of halogens is 1. The molecule has 2 rings (SSSR count). The first-order valence-electron chi connectivity index (χ1n) is 5.86. The lowest BCUT2D eigenvalue weighted by Crippen LogP contribution is -2.29. The van der Waals surface area contributed by atoms with Crippen molar-refractivity contribution in [3.8, 4) is 0 Å². The number of hydrogen-bond acceptors (Lipinski definition) is 5. The van der Waals surface area contributed by atoms with Crippen LogP contribution in [0.2, 0.25) is 0 Å². The smallest absolute Gasteiger partial charge is 0.291 e. The van der Waals surface area contributed by atoms with E-state index in [9.17, 15) is 10.1 Å². The summed E-state index contributed by atoms with van der Waals surface area (Å²) in [5, 5.41) is 14.2. The van der Waals surface area contributed by atoms with Gasteiger partial charge in [0.1, 0.15) is 12.0 Å². The second-order valence-corrected chi connectivity index (χ2v) is 5.05. The summed E-state index contributed by atoms with van der Waals surface area (Å²) in [6, 6.07) is 0. The first-order valence-corrected chi connectivity index (χ1v) is 6.65. The third kappa shape index (κ3) is 2.62. The van der Waals surface area contributed by atoms with Crippen LogP contribution in [0.25, 0.3) is 0 Å². The number of aromatic nitrogens is 1. The Hall–Kier alpha value is -1.21. The van der Waals surface area contributed by atoms with Crippen LogP contribution in [-0.2, 0) is 0 Å². The highest BCUT2D eigenvalue weighted by Crippen LogP contribution is 2.32. The molecule has 1 N–H and O–H groups in total. The van der Waals surface area contributed by atoms with Crippen molar-refractivity contribution in [2.45, 2.75) is 13.3 Å². The van der Waals surface area contributed by atoms with Crippen molar-refractivity contribution in [1.29, 1.82) is 0 Å². The molecule has 0 unspecified atom stereocenters. The molecule has 1 aromatic heterocycles. The lowest BCUT2D eigenvalue weighted by atomic mass is 10.2. The Balaban J connectivity index is 2.33. The molecule has 0 aliphatic carbocycles. The Labute approximate surface area is 114 Å². The summed E-state index contributed by atoms with van der Waals surface area (Å²) in [5.74, 6) is 0.793. The highest BCUT2D eigenvalue weighted by Gasteiger charge is 2.21. The van der Waals surface area contributed by atoms with E-state index in [-0.39, 0.29) is 5.69 Å². The van der Waals surface area contributed by atoms with Crippen LogP contribution < -0.4 is 10.2 Å². The normalized spacial score (nSPS) is 16.4. The third-order valence-electron chi connectivity index (χ3n) is 3.06. The van der Waals surface area contributed by atoms with Crippen LogP contribution in [0.5, 0.6) is 0 Å². The molecule has 0 amide bonds. The number of nitrogens with zero attached hydrogens (tertiary/aromatic N) is 3. The number of pyridine rings is 1. The Kier molecular flexibility index (Phi) is 4.13. The molecule has 1 aromatic rings. The molecule has 1 saturated heterocycles. The fourth-order valence-electron chi connectivity index (χ4n) is 2.02. The van der Waals surface area contributed by atoms with Gasteiger partial charge in [-0.1, -0.05) is 0 Å². The summed E-state index contributed by atoms with van der Waals surface area (Å²) < 4.78 is 0.721. The topological polar surface area (TPSA) is 71.3 Å². The van der Waals surface area contributed by atoms with Gasteiger partial charge in [-0.2, -0.15) is 0 Å². The second-order valence-electron chi connectivity index (χ2n) is 4.25. The largest absolute Gasteiger partial charge is 0.354 e. The molecular weight excluding hydrogens is 300 g/mol. The maximum absolute atomic E-state index is 10.8. The Morgan fingerprint density at radius 1 is 1.50 bits per heavy atom. The lowest BCUT2D eigenvalue weighted by Gasteiger charge is -2.22. The van der Waals surface area contributed by atoms with Gasteiger partial charge in [0.15, 0.2) is 0 Å². The quantitative estimate of drug-likeness (QED) is 0.666. The molecule has 0 atom stereocenters. The molecule has 0 aromatic carbocycles. The maximum atomic E-state index is 10.8. The number of rotatable bonds is 2. The van der Waals surface area contributed by atoms with E-state index >= 15 is 0 Å². The molecule has 1 aliphatic heterocycles. The van der Waals surface area contributed by atoms with Gasteiger partial charge in [-0.05, 0) is 35.8 Å². The highest BCUT2D eigenvalue weighted by molar-refractivity contribution is 9.10. The molecule has 98 valence electrons. The van der Waals surface area contributed by atoms with Crippen molar-refractivity contribution in [3.63, 3.8) is 0 Å². The van der Waals surface area contributed by atoms with E-state index in [1.54, 1.807) is 6.92 Å². The number of nitro groups is 1. The van der Waals surface area contributed by atoms with Gasteiger partial charge in [0.05, 0.1) is 9.40 Å². The zero-order chi connectivity index (χ0) is 13.1. The SMILES string of the molecule is Cc1c([N+](=O)[O-])cnc(N2CCCNCC2)c1Br. The van der Waals surface area contributed by atoms with Crippen LogP contribution in [0.3, 0.4) is 0 Å². The summed E-state index contributed by atoms with van der Waals surface area (Å²) in [5.41, 5.74) is 0.681. The van der Waals surface area contributed by atoms with Gasteiger partial charge >= 0.3 is 0 Å². The number of hydrogen-bond donors (Lipinski definition) is 1. The van der Waals surface area contributed by atoms with E-state index in [1.807, 2.05) is 0 Å². The predicted octanol–water partition coefficient (Wildman–Crippen LogP) is 1.86. The summed E-state index contributed by atoms with van der Waals surface area (Å²) in [6.07, 6.45) is 2.39. The van der Waals surface area contributed by atoms with E-state index in [4.69, 9.17) is 0 Å². The first-order chi connectivity index (χ1) is 8.61. The van der Waals surface area contributed by atoms with Gasteiger partial charge in [0.2, 0.25) is 0 Å². The molecule has 0 radical (unpaired) electrons. The molecule has 6 nitrogen and oxygen atoms in total. The summed E-state index contributed by atoms with van der Waals surface area (Å²) >= 11 is 3.43. The van der Waals surface area contributed by atoms with Gasteiger partial charge in [-0.15, -0.1) is 0 Å². The van der Waals surface area contributed by atoms with Crippen molar-refractivity contribution >= 4 is 27.4 Å². The van der Waals surface area contributed by atoms with Crippen molar-refractivity contribution in [2.24, 2.45) is 0 Å². The molecule has 0 bridgehead atoms. The summed E-state index contributed by atoms with van der Waals surface area (Å²) in [6.45, 7) is 5.42. The Morgan fingerprint density at radius 3 is 3.00 bits per heavy atom. The van der Waals surface area contributed by atoms with E-state index in [2.05, 4.69) is 31.1 Å². The van der Waals surface area contributed by atoms with Gasteiger partial charge in [-0.3, -0.25) is 10.1 Å². The average Bonchev–Trinajstić information content (AvgIpc) is 2.60. The maximum Gasteiger partial charge on any atom is 0.291 e. The Bertz CT molecular complexity index is 459. The van der Waals surface area contributed by atoms with Crippen LogP contribution >= 0.6 is 15.9 Å². The summed E-state index contributed by atoms with van der Waals surface area (Å²) in [7, 11) is 0. The molecule has 1 fully saturated rings. The summed E-state index contributed by atoms with van der Waals surface area (Å²) in [4.78, 5) is 16.8. The van der Waals surface area contributed by atoms with Crippen molar-refractivity contribution < 1.29 is 4.92 Å². The van der Waals surface area contributed by atoms with Crippen molar-refractivity contribution in [3.05, 3.63) is 26.3 Å². The molecule has 0 spiro atoms. The van der Waals surface area contributed by atoms with E-state index in [0.717, 1.165) is 42.9 Å². The molecule has 18 heavy (non-hydrogen) atoms. The fraction of sp³-hybridized carbons (Fsp3) is 0.545. The second kappa shape index (κ2) is 5.62. The van der Waals surface area contributed by atoms with Gasteiger partial charge in [-0.25, -0.2) is 4.98 Å². The van der Waals surface area contributed by atoms with Crippen LogP contribution in [0.1, 0.15) is 12.0 Å². The number of nitrogens with one attached hydrogen (secondary N) is 1. The molecule has 7 heteroatoms. The zero-order valence-electron chi connectivity index (χ0n) is 10.1.